The maximum atomic E-state index is 11.6. The van der Waals surface area contributed by atoms with E-state index in [0.29, 0.717) is 21.5 Å². The monoisotopic (exact) mass is 339 g/mol. The van der Waals surface area contributed by atoms with E-state index in [4.69, 9.17) is 19.5 Å². The Morgan fingerprint density at radius 1 is 1.40 bits per heavy atom. The number of halogens is 1. The Morgan fingerprint density at radius 2 is 2.10 bits per heavy atom. The van der Waals surface area contributed by atoms with Crippen LogP contribution in [0.15, 0.2) is 22.2 Å². The minimum absolute atomic E-state index is 0.0778. The Bertz CT molecular complexity index is 575. The number of nitriles is 1. The molecular weight excluding hydrogens is 326 g/mol. The molecule has 0 amide bonds. The molecule has 0 aliphatic carbocycles. The van der Waals surface area contributed by atoms with Crippen molar-refractivity contribution >= 4 is 28.0 Å². The molecule has 20 heavy (non-hydrogen) atoms. The normalized spacial score (nSPS) is 10.7. The fraction of sp³-hybridized carbons (Fsp3) is 0.286. The number of ether oxygens (including phenoxy) is 3. The lowest BCUT2D eigenvalue weighted by molar-refractivity contribution is -0.137. The van der Waals surface area contributed by atoms with Crippen LogP contribution in [0, 0.1) is 11.3 Å². The van der Waals surface area contributed by atoms with Gasteiger partial charge in [-0.15, -0.1) is 0 Å². The van der Waals surface area contributed by atoms with E-state index in [1.165, 1.54) is 20.3 Å². The lowest BCUT2D eigenvalue weighted by Gasteiger charge is -2.10. The van der Waals surface area contributed by atoms with Gasteiger partial charge in [0.2, 0.25) is 0 Å². The van der Waals surface area contributed by atoms with Crippen LogP contribution in [0.4, 0.5) is 0 Å². The molecule has 0 radical (unpaired) electrons. The Kier molecular flexibility index (Phi) is 6.07. The van der Waals surface area contributed by atoms with E-state index in [2.05, 4.69) is 15.9 Å². The average molecular weight is 340 g/mol. The highest BCUT2D eigenvalue weighted by Gasteiger charge is 2.13. The molecule has 5 nitrogen and oxygen atoms in total. The number of carbonyl (C=O) groups excluding carboxylic acids is 1. The van der Waals surface area contributed by atoms with E-state index >= 15 is 0 Å². The van der Waals surface area contributed by atoms with Gasteiger partial charge in [-0.25, -0.2) is 4.79 Å². The number of hydrogen-bond donors (Lipinski definition) is 0. The molecule has 0 saturated carbocycles. The van der Waals surface area contributed by atoms with Crippen molar-refractivity contribution in [1.82, 2.24) is 0 Å². The second-order valence-corrected chi connectivity index (χ2v) is 4.48. The molecule has 1 rings (SSSR count). The molecule has 0 fully saturated rings. The smallest absolute Gasteiger partial charge is 0.348 e. The third-order valence-electron chi connectivity index (χ3n) is 2.38. The summed E-state index contributed by atoms with van der Waals surface area (Å²) in [5.74, 6) is 0.384. The minimum Gasteiger partial charge on any atom is -0.493 e. The molecule has 106 valence electrons. The van der Waals surface area contributed by atoms with Crippen LogP contribution in [0.2, 0.25) is 0 Å². The van der Waals surface area contributed by atoms with E-state index in [0.717, 1.165) is 0 Å². The largest absolute Gasteiger partial charge is 0.493 e. The van der Waals surface area contributed by atoms with E-state index in [-0.39, 0.29) is 12.2 Å². The Morgan fingerprint density at radius 3 is 2.60 bits per heavy atom. The predicted molar refractivity (Wildman–Crippen MR) is 77.5 cm³/mol. The van der Waals surface area contributed by atoms with Gasteiger partial charge in [0.25, 0.3) is 0 Å². The molecule has 1 aromatic carbocycles. The summed E-state index contributed by atoms with van der Waals surface area (Å²) in [6, 6.07) is 5.21. The molecule has 0 aliphatic heterocycles. The second-order valence-electron chi connectivity index (χ2n) is 3.63. The molecule has 0 spiro atoms. The maximum Gasteiger partial charge on any atom is 0.348 e. The molecule has 0 saturated heterocycles. The van der Waals surface area contributed by atoms with Crippen LogP contribution < -0.4 is 9.47 Å². The minimum atomic E-state index is -0.652. The quantitative estimate of drug-likeness (QED) is 0.468. The molecule has 0 atom stereocenters. The Balaban J connectivity index is 3.23. The number of esters is 1. The zero-order valence-corrected chi connectivity index (χ0v) is 13.0. The zero-order valence-electron chi connectivity index (χ0n) is 11.4. The highest BCUT2D eigenvalue weighted by molar-refractivity contribution is 9.10. The molecule has 0 bridgehead atoms. The van der Waals surface area contributed by atoms with Gasteiger partial charge in [0.15, 0.2) is 11.5 Å². The maximum absolute atomic E-state index is 11.6. The van der Waals surface area contributed by atoms with Gasteiger partial charge in [0.05, 0.1) is 25.3 Å². The number of nitrogens with zero attached hydrogens (tertiary/aromatic N) is 1. The summed E-state index contributed by atoms with van der Waals surface area (Å²) in [4.78, 5) is 11.6. The second kappa shape index (κ2) is 7.56. The lowest BCUT2D eigenvalue weighted by Crippen LogP contribution is -2.06. The summed E-state index contributed by atoms with van der Waals surface area (Å²) in [6.07, 6.45) is 1.44. The first-order valence-electron chi connectivity index (χ1n) is 5.77. The summed E-state index contributed by atoms with van der Waals surface area (Å²) in [5, 5.41) is 8.99. The van der Waals surface area contributed by atoms with Gasteiger partial charge in [-0.1, -0.05) is 0 Å². The third-order valence-corrected chi connectivity index (χ3v) is 2.97. The summed E-state index contributed by atoms with van der Waals surface area (Å²) >= 11 is 3.35. The van der Waals surface area contributed by atoms with Crippen LogP contribution in [-0.4, -0.2) is 26.8 Å². The lowest BCUT2D eigenvalue weighted by atomic mass is 10.1. The molecule has 0 heterocycles. The van der Waals surface area contributed by atoms with Crippen LogP contribution in [0.1, 0.15) is 12.5 Å². The SMILES string of the molecule is CCOC(=O)/C(C#N)=C/c1cc(Br)c(OC)c(OC)c1. The number of rotatable bonds is 5. The Labute approximate surface area is 125 Å². The van der Waals surface area contributed by atoms with E-state index in [1.54, 1.807) is 19.1 Å². The van der Waals surface area contributed by atoms with E-state index in [9.17, 15) is 4.79 Å². The molecule has 0 unspecified atom stereocenters. The molecule has 0 N–H and O–H groups in total. The van der Waals surface area contributed by atoms with Crippen molar-refractivity contribution < 1.29 is 19.0 Å². The molecule has 1 aromatic rings. The van der Waals surface area contributed by atoms with Crippen LogP contribution in [0.5, 0.6) is 11.5 Å². The average Bonchev–Trinajstić information content (AvgIpc) is 2.44. The van der Waals surface area contributed by atoms with Gasteiger partial charge >= 0.3 is 5.97 Å². The van der Waals surface area contributed by atoms with Crippen LogP contribution in [0.3, 0.4) is 0 Å². The molecular formula is C14H14BrNO4. The number of methoxy groups -OCH3 is 2. The Hall–Kier alpha value is -2.00. The number of carbonyl (C=O) groups is 1. The summed E-state index contributed by atoms with van der Waals surface area (Å²) in [5.41, 5.74) is 0.546. The highest BCUT2D eigenvalue weighted by Crippen LogP contribution is 2.36. The molecule has 0 aromatic heterocycles. The van der Waals surface area contributed by atoms with Crippen molar-refractivity contribution in [3.63, 3.8) is 0 Å². The first-order chi connectivity index (χ1) is 9.57. The third kappa shape index (κ3) is 3.75. The van der Waals surface area contributed by atoms with Gasteiger partial charge in [-0.3, -0.25) is 0 Å². The molecule has 6 heteroatoms. The van der Waals surface area contributed by atoms with Crippen molar-refractivity contribution in [2.45, 2.75) is 6.92 Å². The van der Waals surface area contributed by atoms with Gasteiger partial charge in [-0.05, 0) is 46.6 Å². The first kappa shape index (κ1) is 16.1. The zero-order chi connectivity index (χ0) is 15.1. The van der Waals surface area contributed by atoms with Crippen molar-refractivity contribution in [2.75, 3.05) is 20.8 Å². The number of benzene rings is 1. The molecule has 0 aliphatic rings. The highest BCUT2D eigenvalue weighted by atomic mass is 79.9. The van der Waals surface area contributed by atoms with E-state index in [1.807, 2.05) is 6.07 Å². The topological polar surface area (TPSA) is 68.6 Å². The van der Waals surface area contributed by atoms with Crippen LogP contribution >= 0.6 is 15.9 Å². The van der Waals surface area contributed by atoms with E-state index < -0.39 is 5.97 Å². The fourth-order valence-corrected chi connectivity index (χ4v) is 2.16. The van der Waals surface area contributed by atoms with Crippen LogP contribution in [-0.2, 0) is 9.53 Å². The van der Waals surface area contributed by atoms with Gasteiger partial charge in [0, 0.05) is 0 Å². The number of hydrogen-bond acceptors (Lipinski definition) is 5. The first-order valence-corrected chi connectivity index (χ1v) is 6.57. The van der Waals surface area contributed by atoms with Gasteiger partial charge in [-0.2, -0.15) is 5.26 Å². The van der Waals surface area contributed by atoms with Crippen LogP contribution in [0.25, 0.3) is 6.08 Å². The van der Waals surface area contributed by atoms with Crippen molar-refractivity contribution in [2.24, 2.45) is 0 Å². The summed E-state index contributed by atoms with van der Waals surface area (Å²) in [6.45, 7) is 1.90. The van der Waals surface area contributed by atoms with Crippen molar-refractivity contribution in [3.05, 3.63) is 27.7 Å². The van der Waals surface area contributed by atoms with Gasteiger partial charge < -0.3 is 14.2 Å². The van der Waals surface area contributed by atoms with Gasteiger partial charge in [0.1, 0.15) is 11.6 Å². The summed E-state index contributed by atoms with van der Waals surface area (Å²) < 4.78 is 15.8. The standard InChI is InChI=1S/C14H14BrNO4/c1-4-20-14(17)10(8-16)5-9-6-11(15)13(19-3)12(7-9)18-2/h5-7H,4H2,1-3H3/b10-5+. The van der Waals surface area contributed by atoms with Crippen molar-refractivity contribution in [3.8, 4) is 17.6 Å². The van der Waals surface area contributed by atoms with Crippen molar-refractivity contribution in [1.29, 1.82) is 5.26 Å². The predicted octanol–water partition coefficient (Wildman–Crippen LogP) is 2.94. The summed E-state index contributed by atoms with van der Waals surface area (Å²) in [7, 11) is 3.03. The fourth-order valence-electron chi connectivity index (χ4n) is 1.53.